The summed E-state index contributed by atoms with van der Waals surface area (Å²) in [6.07, 6.45) is 1.04. The van der Waals surface area contributed by atoms with E-state index in [2.05, 4.69) is 92.2 Å². The lowest BCUT2D eigenvalue weighted by molar-refractivity contribution is -0.633. The van der Waals surface area contributed by atoms with Crippen LogP contribution in [-0.2, 0) is 13.5 Å². The fraction of sp³-hybridized carbons (Fsp3) is 0.174. The number of pyridine rings is 1. The van der Waals surface area contributed by atoms with Gasteiger partial charge in [-0.05, 0) is 47.4 Å². The summed E-state index contributed by atoms with van der Waals surface area (Å²) in [5.74, 6) is 0. The van der Waals surface area contributed by atoms with Gasteiger partial charge in [-0.2, -0.15) is 4.57 Å². The van der Waals surface area contributed by atoms with E-state index >= 15 is 0 Å². The summed E-state index contributed by atoms with van der Waals surface area (Å²) in [6, 6.07) is 24.3. The topological polar surface area (TPSA) is 3.88 Å². The van der Waals surface area contributed by atoms with Gasteiger partial charge in [-0.1, -0.05) is 49.4 Å². The maximum atomic E-state index is 2.36. The van der Waals surface area contributed by atoms with Crippen LogP contribution in [0.15, 0.2) is 66.7 Å². The van der Waals surface area contributed by atoms with Crippen molar-refractivity contribution in [2.75, 3.05) is 0 Å². The molecule has 0 unspecified atom stereocenters. The van der Waals surface area contributed by atoms with Crippen molar-refractivity contribution >= 4 is 21.7 Å². The summed E-state index contributed by atoms with van der Waals surface area (Å²) in [4.78, 5) is 0. The molecular weight excluding hydrogens is 290 g/mol. The molecule has 3 aromatic carbocycles. The molecule has 1 heterocycles. The minimum Gasteiger partial charge on any atom is -0.194 e. The number of benzene rings is 3. The van der Waals surface area contributed by atoms with Crippen molar-refractivity contribution in [1.29, 1.82) is 0 Å². The molecule has 0 fully saturated rings. The summed E-state index contributed by atoms with van der Waals surface area (Å²) < 4.78 is 2.33. The lowest BCUT2D eigenvalue weighted by Crippen LogP contribution is -2.32. The van der Waals surface area contributed by atoms with Crippen molar-refractivity contribution in [2.24, 2.45) is 7.05 Å². The van der Waals surface area contributed by atoms with Crippen LogP contribution in [0.3, 0.4) is 0 Å². The normalized spacial score (nSPS) is 11.3. The Bertz CT molecular complexity index is 1060. The molecule has 0 aliphatic rings. The smallest absolute Gasteiger partial charge is 0.194 e. The lowest BCUT2D eigenvalue weighted by Gasteiger charge is -2.11. The fourth-order valence-corrected chi connectivity index (χ4v) is 3.69. The van der Waals surface area contributed by atoms with E-state index in [1.165, 1.54) is 44.1 Å². The summed E-state index contributed by atoms with van der Waals surface area (Å²) in [6.45, 7) is 4.45. The maximum Gasteiger partial charge on any atom is 0.213 e. The zero-order valence-electron chi connectivity index (χ0n) is 14.5. The van der Waals surface area contributed by atoms with Crippen LogP contribution in [-0.4, -0.2) is 0 Å². The van der Waals surface area contributed by atoms with E-state index < -0.39 is 0 Å². The van der Waals surface area contributed by atoms with Crippen LogP contribution in [0.2, 0.25) is 0 Å². The Hall–Kier alpha value is -2.67. The standard InChI is InChI=1S/C23H22N/c1-4-17-15-23(24(3)22-12-8-7-11-20(17)22)21-14-19-10-6-5-9-18(19)13-16(21)2/h5-15H,4H2,1-3H3/q+1. The van der Waals surface area contributed by atoms with Crippen LogP contribution < -0.4 is 4.57 Å². The molecule has 118 valence electrons. The molecule has 1 nitrogen and oxygen atoms in total. The SMILES string of the molecule is CCc1cc(-c2cc3ccccc3cc2C)[n+](C)c2ccccc12. The average molecular weight is 312 g/mol. The van der Waals surface area contributed by atoms with Crippen LogP contribution >= 0.6 is 0 Å². The van der Waals surface area contributed by atoms with Crippen LogP contribution in [0.5, 0.6) is 0 Å². The molecule has 24 heavy (non-hydrogen) atoms. The van der Waals surface area contributed by atoms with Crippen LogP contribution in [0.4, 0.5) is 0 Å². The second kappa shape index (κ2) is 5.76. The second-order valence-corrected chi connectivity index (χ2v) is 6.50. The van der Waals surface area contributed by atoms with Gasteiger partial charge in [0.25, 0.3) is 0 Å². The highest BCUT2D eigenvalue weighted by Crippen LogP contribution is 2.29. The zero-order chi connectivity index (χ0) is 16.7. The highest BCUT2D eigenvalue weighted by molar-refractivity contribution is 5.89. The summed E-state index contributed by atoms with van der Waals surface area (Å²) in [7, 11) is 2.17. The molecule has 0 amide bonds. The van der Waals surface area contributed by atoms with E-state index in [-0.39, 0.29) is 0 Å². The molecule has 1 aromatic heterocycles. The Labute approximate surface area is 143 Å². The first-order chi connectivity index (χ1) is 11.7. The summed E-state index contributed by atoms with van der Waals surface area (Å²) in [5.41, 5.74) is 6.62. The molecular formula is C23H22N+. The van der Waals surface area contributed by atoms with Crippen molar-refractivity contribution < 1.29 is 4.57 Å². The molecule has 0 saturated heterocycles. The van der Waals surface area contributed by atoms with Gasteiger partial charge in [-0.15, -0.1) is 0 Å². The highest BCUT2D eigenvalue weighted by Gasteiger charge is 2.18. The first kappa shape index (κ1) is 14.9. The minimum absolute atomic E-state index is 1.04. The highest BCUT2D eigenvalue weighted by atomic mass is 14.9. The predicted molar refractivity (Wildman–Crippen MR) is 102 cm³/mol. The van der Waals surface area contributed by atoms with Crippen LogP contribution in [0.1, 0.15) is 18.1 Å². The fourth-order valence-electron chi connectivity index (χ4n) is 3.69. The second-order valence-electron chi connectivity index (χ2n) is 6.50. The van der Waals surface area contributed by atoms with E-state index in [1.54, 1.807) is 0 Å². The van der Waals surface area contributed by atoms with Gasteiger partial charge >= 0.3 is 0 Å². The third-order valence-corrected chi connectivity index (χ3v) is 5.03. The Morgan fingerprint density at radius 2 is 1.50 bits per heavy atom. The van der Waals surface area contributed by atoms with Gasteiger partial charge in [-0.3, -0.25) is 0 Å². The van der Waals surface area contributed by atoms with Gasteiger partial charge in [0, 0.05) is 23.1 Å². The van der Waals surface area contributed by atoms with Crippen molar-refractivity contribution in [2.45, 2.75) is 20.3 Å². The van der Waals surface area contributed by atoms with E-state index in [0.29, 0.717) is 0 Å². The van der Waals surface area contributed by atoms with Gasteiger partial charge < -0.3 is 0 Å². The van der Waals surface area contributed by atoms with Gasteiger partial charge in [0.1, 0.15) is 7.05 Å². The van der Waals surface area contributed by atoms with Crippen molar-refractivity contribution in [3.8, 4) is 11.3 Å². The first-order valence-corrected chi connectivity index (χ1v) is 8.59. The molecule has 0 bridgehead atoms. The zero-order valence-corrected chi connectivity index (χ0v) is 14.5. The molecule has 1 heteroatoms. The number of aryl methyl sites for hydroxylation is 3. The first-order valence-electron chi connectivity index (χ1n) is 8.59. The molecule has 0 radical (unpaired) electrons. The van der Waals surface area contributed by atoms with Crippen molar-refractivity contribution in [3.63, 3.8) is 0 Å². The molecule has 0 aliphatic heterocycles. The molecule has 0 spiro atoms. The summed E-state index contributed by atoms with van der Waals surface area (Å²) >= 11 is 0. The number of fused-ring (bicyclic) bond motifs is 2. The minimum atomic E-state index is 1.04. The number of para-hydroxylation sites is 1. The number of hydrogen-bond donors (Lipinski definition) is 0. The van der Waals surface area contributed by atoms with E-state index in [1.807, 2.05) is 0 Å². The Balaban J connectivity index is 2.06. The van der Waals surface area contributed by atoms with E-state index in [0.717, 1.165) is 6.42 Å². The molecule has 0 N–H and O–H groups in total. The van der Waals surface area contributed by atoms with Gasteiger partial charge in [0.05, 0.1) is 0 Å². The Morgan fingerprint density at radius 3 is 2.25 bits per heavy atom. The van der Waals surface area contributed by atoms with E-state index in [9.17, 15) is 0 Å². The molecule has 4 rings (SSSR count). The maximum absolute atomic E-state index is 2.36. The summed E-state index contributed by atoms with van der Waals surface area (Å²) in [5, 5.41) is 3.95. The third kappa shape index (κ3) is 2.28. The number of hydrogen-bond acceptors (Lipinski definition) is 0. The lowest BCUT2D eigenvalue weighted by atomic mass is 9.96. The molecule has 0 atom stereocenters. The van der Waals surface area contributed by atoms with Gasteiger partial charge in [0.15, 0.2) is 0 Å². The number of aromatic nitrogens is 1. The Kier molecular flexibility index (Phi) is 3.57. The molecule has 0 saturated carbocycles. The monoisotopic (exact) mass is 312 g/mol. The van der Waals surface area contributed by atoms with Crippen molar-refractivity contribution in [1.82, 2.24) is 0 Å². The largest absolute Gasteiger partial charge is 0.213 e. The van der Waals surface area contributed by atoms with Crippen LogP contribution in [0, 0.1) is 6.92 Å². The van der Waals surface area contributed by atoms with Crippen LogP contribution in [0.25, 0.3) is 32.9 Å². The van der Waals surface area contributed by atoms with Gasteiger partial charge in [0.2, 0.25) is 11.2 Å². The Morgan fingerprint density at radius 1 is 0.833 bits per heavy atom. The average Bonchev–Trinajstić information content (AvgIpc) is 2.62. The predicted octanol–water partition coefficient (Wildman–Crippen LogP) is 5.36. The number of rotatable bonds is 2. The van der Waals surface area contributed by atoms with Gasteiger partial charge in [-0.25, -0.2) is 0 Å². The molecule has 4 aromatic rings. The quantitative estimate of drug-likeness (QED) is 0.439. The van der Waals surface area contributed by atoms with E-state index in [4.69, 9.17) is 0 Å². The number of nitrogens with zero attached hydrogens (tertiary/aromatic N) is 1. The van der Waals surface area contributed by atoms with Crippen molar-refractivity contribution in [3.05, 3.63) is 77.9 Å². The third-order valence-electron chi connectivity index (χ3n) is 5.03. The molecule has 0 aliphatic carbocycles.